The summed E-state index contributed by atoms with van der Waals surface area (Å²) < 4.78 is 21.6. The third-order valence-electron chi connectivity index (χ3n) is 1.71. The van der Waals surface area contributed by atoms with E-state index in [1.54, 1.807) is 6.92 Å². The van der Waals surface area contributed by atoms with E-state index >= 15 is 0 Å². The lowest BCUT2D eigenvalue weighted by atomic mass is 11.0. The van der Waals surface area contributed by atoms with Crippen LogP contribution in [0.2, 0.25) is 19.6 Å². The average molecular weight is 181 g/mol. The van der Waals surface area contributed by atoms with Crippen LogP contribution < -0.4 is 5.14 Å². The second-order valence-electron chi connectivity index (χ2n) is 3.60. The molecule has 0 fully saturated rings. The smallest absolute Gasteiger partial charge is 0.209 e. The van der Waals surface area contributed by atoms with Crippen molar-refractivity contribution in [1.29, 1.82) is 0 Å². The van der Waals surface area contributed by atoms with Crippen molar-refractivity contribution in [3.05, 3.63) is 0 Å². The molecule has 0 aliphatic rings. The van der Waals surface area contributed by atoms with Crippen LogP contribution in [0.5, 0.6) is 0 Å². The highest BCUT2D eigenvalue weighted by molar-refractivity contribution is 7.91. The summed E-state index contributed by atoms with van der Waals surface area (Å²) in [6, 6.07) is 0. The van der Waals surface area contributed by atoms with Gasteiger partial charge >= 0.3 is 0 Å². The van der Waals surface area contributed by atoms with Crippen LogP contribution in [0, 0.1) is 0 Å². The summed E-state index contributed by atoms with van der Waals surface area (Å²) in [5.41, 5.74) is 0. The molecule has 0 bridgehead atoms. The highest BCUT2D eigenvalue weighted by Gasteiger charge is 2.30. The molecule has 2 N–H and O–H groups in total. The van der Waals surface area contributed by atoms with E-state index in [4.69, 9.17) is 5.14 Å². The van der Waals surface area contributed by atoms with Gasteiger partial charge in [-0.25, -0.2) is 13.6 Å². The first-order chi connectivity index (χ1) is 4.15. The molecule has 5 heteroatoms. The predicted molar refractivity (Wildman–Crippen MR) is 45.9 cm³/mol. The van der Waals surface area contributed by atoms with Gasteiger partial charge in [0.2, 0.25) is 10.0 Å². The Morgan fingerprint density at radius 2 is 1.60 bits per heavy atom. The van der Waals surface area contributed by atoms with Gasteiger partial charge in [0, 0.05) is 0 Å². The lowest BCUT2D eigenvalue weighted by Crippen LogP contribution is -2.44. The minimum Gasteiger partial charge on any atom is -0.229 e. The molecule has 1 atom stereocenters. The molecule has 0 aliphatic heterocycles. The number of primary sulfonamides is 1. The van der Waals surface area contributed by atoms with E-state index in [0.29, 0.717) is 0 Å². The molecule has 0 spiro atoms. The van der Waals surface area contributed by atoms with Crippen LogP contribution in [0.4, 0.5) is 0 Å². The van der Waals surface area contributed by atoms with E-state index in [0.717, 1.165) is 0 Å². The minimum atomic E-state index is -3.30. The maximum Gasteiger partial charge on any atom is 0.209 e. The van der Waals surface area contributed by atoms with Crippen LogP contribution in [0.3, 0.4) is 0 Å². The summed E-state index contributed by atoms with van der Waals surface area (Å²) in [7, 11) is -4.91. The molecule has 10 heavy (non-hydrogen) atoms. The maximum atomic E-state index is 10.8. The number of hydrogen-bond acceptors (Lipinski definition) is 2. The van der Waals surface area contributed by atoms with E-state index in [-0.39, 0.29) is 4.87 Å². The number of nitrogens with two attached hydrogens (primary N) is 1. The Morgan fingerprint density at radius 3 is 1.60 bits per heavy atom. The fourth-order valence-corrected chi connectivity index (χ4v) is 4.44. The zero-order chi connectivity index (χ0) is 8.58. The summed E-state index contributed by atoms with van der Waals surface area (Å²) >= 11 is 0. The van der Waals surface area contributed by atoms with Gasteiger partial charge in [0.15, 0.2) is 0 Å². The van der Waals surface area contributed by atoms with Crippen LogP contribution in [0.15, 0.2) is 0 Å². The molecule has 0 radical (unpaired) electrons. The van der Waals surface area contributed by atoms with Gasteiger partial charge in [-0.2, -0.15) is 0 Å². The van der Waals surface area contributed by atoms with Crippen LogP contribution in [0.1, 0.15) is 6.92 Å². The van der Waals surface area contributed by atoms with Crippen LogP contribution in [-0.4, -0.2) is 21.4 Å². The van der Waals surface area contributed by atoms with Crippen molar-refractivity contribution in [2.24, 2.45) is 5.14 Å². The Morgan fingerprint density at radius 1 is 1.30 bits per heavy atom. The summed E-state index contributed by atoms with van der Waals surface area (Å²) in [5, 5.41) is 4.97. The summed E-state index contributed by atoms with van der Waals surface area (Å²) in [6.07, 6.45) is 0. The molecule has 0 saturated heterocycles. The molecule has 0 rings (SSSR count). The third-order valence-corrected chi connectivity index (χ3v) is 8.24. The van der Waals surface area contributed by atoms with Gasteiger partial charge in [0.25, 0.3) is 0 Å². The van der Waals surface area contributed by atoms with Gasteiger partial charge in [0.1, 0.15) is 0 Å². The molecule has 62 valence electrons. The summed E-state index contributed by atoms with van der Waals surface area (Å²) in [4.78, 5) is -0.347. The van der Waals surface area contributed by atoms with E-state index in [1.807, 2.05) is 19.6 Å². The zero-order valence-electron chi connectivity index (χ0n) is 6.88. The Labute approximate surface area is 63.7 Å². The predicted octanol–water partition coefficient (Wildman–Crippen LogP) is 0.541. The molecule has 0 aromatic heterocycles. The van der Waals surface area contributed by atoms with Gasteiger partial charge in [-0.3, -0.25) is 0 Å². The molecule has 0 aromatic rings. The first-order valence-corrected chi connectivity index (χ1v) is 8.36. The van der Waals surface area contributed by atoms with Crippen molar-refractivity contribution in [2.75, 3.05) is 0 Å². The summed E-state index contributed by atoms with van der Waals surface area (Å²) in [5.74, 6) is 0. The van der Waals surface area contributed by atoms with Crippen molar-refractivity contribution < 1.29 is 8.42 Å². The lowest BCUT2D eigenvalue weighted by molar-refractivity contribution is 0.595. The average Bonchev–Trinajstić information content (AvgIpc) is 1.59. The quantitative estimate of drug-likeness (QED) is 0.632. The molecular weight excluding hydrogens is 166 g/mol. The fraction of sp³-hybridized carbons (Fsp3) is 1.00. The standard InChI is InChI=1S/C5H15NO2SSi/c1-5(9(6,7)8)10(2,3)4/h5H,1-4H3,(H2,6,7,8)/t5-/m1/s1. The molecule has 0 heterocycles. The normalized spacial score (nSPS) is 16.9. The van der Waals surface area contributed by atoms with Gasteiger partial charge in [-0.15, -0.1) is 0 Å². The number of hydrogen-bond donors (Lipinski definition) is 1. The highest BCUT2D eigenvalue weighted by Crippen LogP contribution is 2.12. The fourth-order valence-electron chi connectivity index (χ4n) is 0.493. The number of rotatable bonds is 2. The second kappa shape index (κ2) is 2.63. The van der Waals surface area contributed by atoms with Gasteiger partial charge < -0.3 is 0 Å². The molecule has 0 saturated carbocycles. The molecular formula is C5H15NO2SSi. The largest absolute Gasteiger partial charge is 0.229 e. The van der Waals surface area contributed by atoms with Crippen molar-refractivity contribution in [3.63, 3.8) is 0 Å². The van der Waals surface area contributed by atoms with Crippen molar-refractivity contribution in [3.8, 4) is 0 Å². The number of sulfonamides is 1. The van der Waals surface area contributed by atoms with Crippen LogP contribution in [0.25, 0.3) is 0 Å². The van der Waals surface area contributed by atoms with E-state index < -0.39 is 18.1 Å². The molecule has 0 unspecified atom stereocenters. The SMILES string of the molecule is C[C@@H]([Si](C)(C)C)S(N)(=O)=O. The highest BCUT2D eigenvalue weighted by atomic mass is 32.2. The van der Waals surface area contributed by atoms with Crippen molar-refractivity contribution in [1.82, 2.24) is 0 Å². The Balaban J connectivity index is 4.56. The van der Waals surface area contributed by atoms with Crippen LogP contribution in [-0.2, 0) is 10.0 Å². The third kappa shape index (κ3) is 2.81. The zero-order valence-corrected chi connectivity index (χ0v) is 8.70. The first kappa shape index (κ1) is 10.1. The second-order valence-corrected chi connectivity index (χ2v) is 11.5. The lowest BCUT2D eigenvalue weighted by Gasteiger charge is -2.22. The minimum absolute atomic E-state index is 0.347. The van der Waals surface area contributed by atoms with Gasteiger partial charge in [0.05, 0.1) is 12.9 Å². The maximum absolute atomic E-state index is 10.8. The first-order valence-electron chi connectivity index (χ1n) is 3.17. The monoisotopic (exact) mass is 181 g/mol. The van der Waals surface area contributed by atoms with Crippen LogP contribution >= 0.6 is 0 Å². The van der Waals surface area contributed by atoms with Gasteiger partial charge in [-0.1, -0.05) is 19.6 Å². The molecule has 3 nitrogen and oxygen atoms in total. The van der Waals surface area contributed by atoms with E-state index in [1.165, 1.54) is 0 Å². The Bertz CT molecular complexity index is 204. The molecule has 0 amide bonds. The Kier molecular flexibility index (Phi) is 2.67. The molecule has 0 aliphatic carbocycles. The van der Waals surface area contributed by atoms with E-state index in [2.05, 4.69) is 0 Å². The summed E-state index contributed by atoms with van der Waals surface area (Å²) in [6.45, 7) is 7.65. The molecule has 0 aromatic carbocycles. The van der Waals surface area contributed by atoms with Crippen molar-refractivity contribution in [2.45, 2.75) is 31.4 Å². The Hall–Kier alpha value is 0.127. The topological polar surface area (TPSA) is 60.2 Å². The van der Waals surface area contributed by atoms with E-state index in [9.17, 15) is 8.42 Å². The van der Waals surface area contributed by atoms with Gasteiger partial charge in [-0.05, 0) is 6.92 Å². The van der Waals surface area contributed by atoms with Crippen molar-refractivity contribution >= 4 is 18.1 Å².